The van der Waals surface area contributed by atoms with Crippen molar-refractivity contribution in [1.82, 2.24) is 4.90 Å². The van der Waals surface area contributed by atoms with Gasteiger partial charge in [-0.3, -0.25) is 0 Å². The minimum atomic E-state index is -4.40. The van der Waals surface area contributed by atoms with Crippen molar-refractivity contribution >= 4 is 11.7 Å². The van der Waals surface area contributed by atoms with Gasteiger partial charge in [0.2, 0.25) is 0 Å². The maximum Gasteiger partial charge on any atom is 0.411 e. The predicted octanol–water partition coefficient (Wildman–Crippen LogP) is 3.02. The van der Waals surface area contributed by atoms with E-state index in [0.29, 0.717) is 5.69 Å². The van der Waals surface area contributed by atoms with Crippen LogP contribution in [0, 0.1) is 20.8 Å². The zero-order valence-corrected chi connectivity index (χ0v) is 14.0. The van der Waals surface area contributed by atoms with Crippen LogP contribution in [0.25, 0.3) is 0 Å². The first-order valence-corrected chi connectivity index (χ1v) is 7.53. The van der Waals surface area contributed by atoms with Gasteiger partial charge in [0.05, 0.1) is 13.2 Å². The molecule has 8 heteroatoms. The van der Waals surface area contributed by atoms with E-state index in [-0.39, 0.29) is 26.3 Å². The number of hydrogen-bond donors (Lipinski definition) is 2. The normalized spacial score (nSPS) is 11.5. The first kappa shape index (κ1) is 20.2. The van der Waals surface area contributed by atoms with Crippen molar-refractivity contribution in [1.29, 1.82) is 0 Å². The van der Waals surface area contributed by atoms with Gasteiger partial charge in [0.25, 0.3) is 0 Å². The van der Waals surface area contributed by atoms with E-state index in [9.17, 15) is 18.0 Å². The molecule has 5 nitrogen and oxygen atoms in total. The number of nitrogens with one attached hydrogen (secondary N) is 1. The van der Waals surface area contributed by atoms with Crippen molar-refractivity contribution in [2.45, 2.75) is 26.9 Å². The highest BCUT2D eigenvalue weighted by Crippen LogP contribution is 2.22. The SMILES string of the molecule is Cc1cc(C)c(NC(=O)N(CCO)CCOCC(F)(F)F)c(C)c1. The Hall–Kier alpha value is -1.80. The highest BCUT2D eigenvalue weighted by Gasteiger charge is 2.27. The molecule has 0 aromatic heterocycles. The summed E-state index contributed by atoms with van der Waals surface area (Å²) in [5, 5.41) is 11.8. The summed E-state index contributed by atoms with van der Waals surface area (Å²) in [7, 11) is 0. The van der Waals surface area contributed by atoms with E-state index in [0.717, 1.165) is 16.7 Å². The molecule has 0 saturated heterocycles. The van der Waals surface area contributed by atoms with E-state index in [1.54, 1.807) is 0 Å². The molecule has 0 aliphatic heterocycles. The number of alkyl halides is 3. The molecule has 0 aliphatic carbocycles. The maximum atomic E-state index is 12.3. The molecule has 1 aromatic carbocycles. The van der Waals surface area contributed by atoms with E-state index in [4.69, 9.17) is 5.11 Å². The average molecular weight is 348 g/mol. The Balaban J connectivity index is 2.67. The van der Waals surface area contributed by atoms with Crippen LogP contribution in [0.1, 0.15) is 16.7 Å². The topological polar surface area (TPSA) is 61.8 Å². The van der Waals surface area contributed by atoms with Gasteiger partial charge in [0, 0.05) is 18.8 Å². The summed E-state index contributed by atoms with van der Waals surface area (Å²) in [6.45, 7) is 3.70. The second-order valence-corrected chi connectivity index (χ2v) is 5.58. The van der Waals surface area contributed by atoms with Gasteiger partial charge in [-0.1, -0.05) is 17.7 Å². The van der Waals surface area contributed by atoms with Crippen molar-refractivity contribution in [2.75, 3.05) is 38.2 Å². The first-order chi connectivity index (χ1) is 11.1. The lowest BCUT2D eigenvalue weighted by atomic mass is 10.1. The average Bonchev–Trinajstić information content (AvgIpc) is 2.44. The van der Waals surface area contributed by atoms with Gasteiger partial charge < -0.3 is 20.1 Å². The Morgan fingerprint density at radius 2 is 1.79 bits per heavy atom. The van der Waals surface area contributed by atoms with Crippen LogP contribution < -0.4 is 5.32 Å². The molecule has 24 heavy (non-hydrogen) atoms. The van der Waals surface area contributed by atoms with Gasteiger partial charge in [-0.05, 0) is 31.9 Å². The van der Waals surface area contributed by atoms with Crippen LogP contribution in [-0.4, -0.2) is 55.1 Å². The largest absolute Gasteiger partial charge is 0.411 e. The molecule has 136 valence electrons. The van der Waals surface area contributed by atoms with Gasteiger partial charge in [-0.15, -0.1) is 0 Å². The molecule has 1 aromatic rings. The minimum absolute atomic E-state index is 0.00513. The molecule has 0 atom stereocenters. The number of aliphatic hydroxyl groups excluding tert-OH is 1. The van der Waals surface area contributed by atoms with Gasteiger partial charge in [-0.25, -0.2) is 4.79 Å². The number of ether oxygens (including phenoxy) is 1. The number of aryl methyl sites for hydroxylation is 3. The Morgan fingerprint density at radius 1 is 1.21 bits per heavy atom. The summed E-state index contributed by atoms with van der Waals surface area (Å²) >= 11 is 0. The third-order valence-corrected chi connectivity index (χ3v) is 3.34. The number of aliphatic hydroxyl groups is 1. The van der Waals surface area contributed by atoms with Crippen LogP contribution in [0.15, 0.2) is 12.1 Å². The fourth-order valence-electron chi connectivity index (χ4n) is 2.36. The molecule has 0 unspecified atom stereocenters. The van der Waals surface area contributed by atoms with Crippen LogP contribution in [-0.2, 0) is 4.74 Å². The molecule has 0 radical (unpaired) electrons. The third-order valence-electron chi connectivity index (χ3n) is 3.34. The lowest BCUT2D eigenvalue weighted by Crippen LogP contribution is -2.40. The molecule has 0 spiro atoms. The number of rotatable bonds is 7. The van der Waals surface area contributed by atoms with E-state index < -0.39 is 18.8 Å². The number of halogens is 3. The highest BCUT2D eigenvalue weighted by atomic mass is 19.4. The van der Waals surface area contributed by atoms with Crippen LogP contribution in [0.5, 0.6) is 0 Å². The van der Waals surface area contributed by atoms with Crippen LogP contribution in [0.2, 0.25) is 0 Å². The number of amides is 2. The lowest BCUT2D eigenvalue weighted by Gasteiger charge is -2.23. The molecule has 2 amide bonds. The summed E-state index contributed by atoms with van der Waals surface area (Å²) in [5.74, 6) is 0. The van der Waals surface area contributed by atoms with E-state index in [1.165, 1.54) is 4.90 Å². The smallest absolute Gasteiger partial charge is 0.395 e. The molecule has 2 N–H and O–H groups in total. The number of nitrogens with zero attached hydrogens (tertiary/aromatic N) is 1. The van der Waals surface area contributed by atoms with Gasteiger partial charge >= 0.3 is 12.2 Å². The van der Waals surface area contributed by atoms with Gasteiger partial charge in [0.1, 0.15) is 6.61 Å². The number of carbonyl (C=O) groups excluding carboxylic acids is 1. The van der Waals surface area contributed by atoms with Crippen molar-refractivity contribution in [3.63, 3.8) is 0 Å². The van der Waals surface area contributed by atoms with Crippen LogP contribution in [0.3, 0.4) is 0 Å². The zero-order chi connectivity index (χ0) is 18.3. The number of urea groups is 1. The third kappa shape index (κ3) is 6.76. The molecule has 1 rings (SSSR count). The van der Waals surface area contributed by atoms with Gasteiger partial charge in [-0.2, -0.15) is 13.2 Å². The zero-order valence-electron chi connectivity index (χ0n) is 14.0. The molecular formula is C16H23F3N2O3. The molecule has 0 saturated carbocycles. The molecule has 0 heterocycles. The monoisotopic (exact) mass is 348 g/mol. The quantitative estimate of drug-likeness (QED) is 0.745. The van der Waals surface area contributed by atoms with E-state index in [2.05, 4.69) is 10.1 Å². The van der Waals surface area contributed by atoms with Gasteiger partial charge in [0.15, 0.2) is 0 Å². The molecule has 0 fully saturated rings. The van der Waals surface area contributed by atoms with Crippen molar-refractivity contribution < 1.29 is 27.8 Å². The molecular weight excluding hydrogens is 325 g/mol. The number of anilines is 1. The number of carbonyl (C=O) groups is 1. The summed E-state index contributed by atoms with van der Waals surface area (Å²) in [6, 6.07) is 3.35. The fourth-order valence-corrected chi connectivity index (χ4v) is 2.36. The maximum absolute atomic E-state index is 12.3. The first-order valence-electron chi connectivity index (χ1n) is 7.53. The van der Waals surface area contributed by atoms with Crippen LogP contribution in [0.4, 0.5) is 23.7 Å². The molecule has 0 bridgehead atoms. The standard InChI is InChI=1S/C16H23F3N2O3/c1-11-8-12(2)14(13(3)9-11)20-15(23)21(4-6-22)5-7-24-10-16(17,18)19/h8-9,22H,4-7,10H2,1-3H3,(H,20,23). The summed E-state index contributed by atoms with van der Waals surface area (Å²) in [6.07, 6.45) is -4.40. The van der Waals surface area contributed by atoms with Crippen molar-refractivity contribution in [2.24, 2.45) is 0 Å². The Labute approximate surface area is 139 Å². The molecule has 0 aliphatic rings. The number of benzene rings is 1. The van der Waals surface area contributed by atoms with E-state index >= 15 is 0 Å². The van der Waals surface area contributed by atoms with E-state index in [1.807, 2.05) is 32.9 Å². The lowest BCUT2D eigenvalue weighted by molar-refractivity contribution is -0.174. The van der Waals surface area contributed by atoms with Crippen molar-refractivity contribution in [3.8, 4) is 0 Å². The Kier molecular flexibility index (Phi) is 7.50. The summed E-state index contributed by atoms with van der Waals surface area (Å²) in [5.41, 5.74) is 3.50. The summed E-state index contributed by atoms with van der Waals surface area (Å²) < 4.78 is 40.6. The highest BCUT2D eigenvalue weighted by molar-refractivity contribution is 5.91. The predicted molar refractivity (Wildman–Crippen MR) is 85.2 cm³/mol. The summed E-state index contributed by atoms with van der Waals surface area (Å²) in [4.78, 5) is 13.5. The fraction of sp³-hybridized carbons (Fsp3) is 0.562. The second kappa shape index (κ2) is 8.89. The Bertz CT molecular complexity index is 539. The van der Waals surface area contributed by atoms with Crippen LogP contribution >= 0.6 is 0 Å². The minimum Gasteiger partial charge on any atom is -0.395 e. The second-order valence-electron chi connectivity index (χ2n) is 5.58. The Morgan fingerprint density at radius 3 is 2.29 bits per heavy atom. The van der Waals surface area contributed by atoms with Crippen molar-refractivity contribution in [3.05, 3.63) is 28.8 Å². The number of hydrogen-bond acceptors (Lipinski definition) is 3.